The average Bonchev–Trinajstić information content (AvgIpc) is 2.13. The molecular formula is C10H20N2O2. The van der Waals surface area contributed by atoms with Gasteiger partial charge in [-0.15, -0.1) is 0 Å². The molecule has 0 bridgehead atoms. The van der Waals surface area contributed by atoms with Crippen LogP contribution in [0.1, 0.15) is 26.2 Å². The van der Waals surface area contributed by atoms with Crippen LogP contribution in [-0.4, -0.2) is 42.2 Å². The van der Waals surface area contributed by atoms with E-state index in [1.807, 2.05) is 6.92 Å². The molecule has 82 valence electrons. The van der Waals surface area contributed by atoms with Gasteiger partial charge < -0.3 is 15.7 Å². The smallest absolute Gasteiger partial charge is 0.230 e. The molecule has 0 heterocycles. The van der Waals surface area contributed by atoms with Crippen molar-refractivity contribution >= 4 is 5.91 Å². The number of nitrogens with two attached hydrogens (primary N) is 1. The quantitative estimate of drug-likeness (QED) is 0.654. The van der Waals surface area contributed by atoms with E-state index in [4.69, 9.17) is 10.8 Å². The van der Waals surface area contributed by atoms with Gasteiger partial charge in [0.05, 0.1) is 12.0 Å². The highest BCUT2D eigenvalue weighted by molar-refractivity contribution is 5.83. The Bertz CT molecular complexity index is 197. The van der Waals surface area contributed by atoms with Crippen molar-refractivity contribution in [2.75, 3.05) is 26.2 Å². The standard InChI is InChI=1S/C10H20N2O2/c1-2-12(6-7-13)9(14)10(8-11)4-3-5-10/h13H,2-8,11H2,1H3. The Hall–Kier alpha value is -0.610. The molecule has 0 aliphatic heterocycles. The minimum atomic E-state index is -0.300. The Kier molecular flexibility index (Phi) is 3.89. The van der Waals surface area contributed by atoms with Crippen molar-refractivity contribution in [2.24, 2.45) is 11.1 Å². The molecule has 0 unspecified atom stereocenters. The molecule has 1 amide bonds. The zero-order valence-electron chi connectivity index (χ0n) is 8.83. The molecule has 14 heavy (non-hydrogen) atoms. The van der Waals surface area contributed by atoms with Crippen LogP contribution in [0, 0.1) is 5.41 Å². The highest BCUT2D eigenvalue weighted by Gasteiger charge is 2.44. The highest BCUT2D eigenvalue weighted by atomic mass is 16.3. The monoisotopic (exact) mass is 200 g/mol. The highest BCUT2D eigenvalue weighted by Crippen LogP contribution is 2.41. The van der Waals surface area contributed by atoms with Crippen molar-refractivity contribution in [3.8, 4) is 0 Å². The van der Waals surface area contributed by atoms with Crippen LogP contribution in [0.15, 0.2) is 0 Å². The Morgan fingerprint density at radius 1 is 1.57 bits per heavy atom. The largest absolute Gasteiger partial charge is 0.395 e. The van der Waals surface area contributed by atoms with Crippen molar-refractivity contribution in [1.29, 1.82) is 0 Å². The van der Waals surface area contributed by atoms with Gasteiger partial charge in [-0.1, -0.05) is 6.42 Å². The summed E-state index contributed by atoms with van der Waals surface area (Å²) in [7, 11) is 0. The summed E-state index contributed by atoms with van der Waals surface area (Å²) in [6, 6.07) is 0. The summed E-state index contributed by atoms with van der Waals surface area (Å²) in [5, 5.41) is 8.82. The third kappa shape index (κ3) is 1.91. The molecule has 0 aromatic rings. The molecule has 1 saturated carbocycles. The molecule has 4 heteroatoms. The molecule has 0 saturated heterocycles. The molecule has 4 nitrogen and oxygen atoms in total. The zero-order chi connectivity index (χ0) is 10.6. The van der Waals surface area contributed by atoms with Gasteiger partial charge >= 0.3 is 0 Å². The lowest BCUT2D eigenvalue weighted by molar-refractivity contribution is -0.147. The maximum Gasteiger partial charge on any atom is 0.230 e. The molecule has 1 rings (SSSR count). The van der Waals surface area contributed by atoms with E-state index in [1.54, 1.807) is 4.90 Å². The summed E-state index contributed by atoms with van der Waals surface area (Å²) in [5.74, 6) is 0.128. The van der Waals surface area contributed by atoms with Crippen molar-refractivity contribution in [3.05, 3.63) is 0 Å². The fourth-order valence-electron chi connectivity index (χ4n) is 1.97. The topological polar surface area (TPSA) is 66.6 Å². The predicted octanol–water partition coefficient (Wildman–Crippen LogP) is -0.0438. The number of nitrogens with zero attached hydrogens (tertiary/aromatic N) is 1. The van der Waals surface area contributed by atoms with Gasteiger partial charge in [-0.3, -0.25) is 4.79 Å². The van der Waals surface area contributed by atoms with E-state index in [0.29, 0.717) is 19.6 Å². The summed E-state index contributed by atoms with van der Waals surface area (Å²) < 4.78 is 0. The van der Waals surface area contributed by atoms with E-state index in [2.05, 4.69) is 0 Å². The number of amides is 1. The summed E-state index contributed by atoms with van der Waals surface area (Å²) in [6.45, 7) is 3.47. The van der Waals surface area contributed by atoms with Crippen molar-refractivity contribution in [1.82, 2.24) is 4.90 Å². The van der Waals surface area contributed by atoms with E-state index in [-0.39, 0.29) is 17.9 Å². The van der Waals surface area contributed by atoms with Gasteiger partial charge in [-0.25, -0.2) is 0 Å². The van der Waals surface area contributed by atoms with Gasteiger partial charge in [0.15, 0.2) is 0 Å². The predicted molar refractivity (Wildman–Crippen MR) is 54.7 cm³/mol. The van der Waals surface area contributed by atoms with Gasteiger partial charge in [0, 0.05) is 19.6 Å². The third-order valence-corrected chi connectivity index (χ3v) is 3.19. The minimum absolute atomic E-state index is 0.0280. The number of aliphatic hydroxyl groups excluding tert-OH is 1. The van der Waals surface area contributed by atoms with E-state index in [9.17, 15) is 4.79 Å². The Labute approximate surface area is 85.1 Å². The van der Waals surface area contributed by atoms with Crippen LogP contribution in [0.5, 0.6) is 0 Å². The number of rotatable bonds is 5. The molecule has 0 radical (unpaired) electrons. The fourth-order valence-corrected chi connectivity index (χ4v) is 1.97. The van der Waals surface area contributed by atoms with Gasteiger partial charge in [-0.2, -0.15) is 0 Å². The minimum Gasteiger partial charge on any atom is -0.395 e. The lowest BCUT2D eigenvalue weighted by atomic mass is 9.68. The summed E-state index contributed by atoms with van der Waals surface area (Å²) in [6.07, 6.45) is 2.91. The van der Waals surface area contributed by atoms with Crippen molar-refractivity contribution < 1.29 is 9.90 Å². The van der Waals surface area contributed by atoms with E-state index >= 15 is 0 Å². The maximum absolute atomic E-state index is 12.0. The average molecular weight is 200 g/mol. The summed E-state index contributed by atoms with van der Waals surface area (Å²) >= 11 is 0. The molecule has 0 aromatic carbocycles. The lowest BCUT2D eigenvalue weighted by Gasteiger charge is -2.42. The molecule has 0 aromatic heterocycles. The van der Waals surface area contributed by atoms with Crippen molar-refractivity contribution in [2.45, 2.75) is 26.2 Å². The van der Waals surface area contributed by atoms with Crippen LogP contribution in [0.3, 0.4) is 0 Å². The SMILES string of the molecule is CCN(CCO)C(=O)C1(CN)CCC1. The van der Waals surface area contributed by atoms with Gasteiger partial charge in [0.1, 0.15) is 0 Å². The number of likely N-dealkylation sites (N-methyl/N-ethyl adjacent to an activating group) is 1. The molecule has 0 spiro atoms. The first-order chi connectivity index (χ1) is 6.70. The Morgan fingerprint density at radius 3 is 2.50 bits per heavy atom. The lowest BCUT2D eigenvalue weighted by Crippen LogP contribution is -2.52. The second-order valence-electron chi connectivity index (χ2n) is 3.95. The van der Waals surface area contributed by atoms with Crippen LogP contribution in [-0.2, 0) is 4.79 Å². The van der Waals surface area contributed by atoms with Gasteiger partial charge in [0.2, 0.25) is 5.91 Å². The number of carbonyl (C=O) groups excluding carboxylic acids is 1. The van der Waals surface area contributed by atoms with Crippen LogP contribution >= 0.6 is 0 Å². The van der Waals surface area contributed by atoms with Gasteiger partial charge in [-0.05, 0) is 19.8 Å². The first-order valence-corrected chi connectivity index (χ1v) is 5.30. The zero-order valence-corrected chi connectivity index (χ0v) is 8.83. The Morgan fingerprint density at radius 2 is 2.21 bits per heavy atom. The number of hydrogen-bond acceptors (Lipinski definition) is 3. The van der Waals surface area contributed by atoms with Crippen molar-refractivity contribution in [3.63, 3.8) is 0 Å². The fraction of sp³-hybridized carbons (Fsp3) is 0.900. The molecule has 1 aliphatic rings. The summed E-state index contributed by atoms with van der Waals surface area (Å²) in [4.78, 5) is 13.7. The van der Waals surface area contributed by atoms with Crippen LogP contribution in [0.2, 0.25) is 0 Å². The second kappa shape index (κ2) is 4.75. The maximum atomic E-state index is 12.0. The second-order valence-corrected chi connectivity index (χ2v) is 3.95. The summed E-state index contributed by atoms with van der Waals surface area (Å²) in [5.41, 5.74) is 5.35. The molecule has 3 N–H and O–H groups in total. The van der Waals surface area contributed by atoms with Crippen LogP contribution < -0.4 is 5.73 Å². The number of hydrogen-bond donors (Lipinski definition) is 2. The molecular weight excluding hydrogens is 180 g/mol. The molecule has 1 aliphatic carbocycles. The number of aliphatic hydroxyl groups is 1. The first kappa shape index (κ1) is 11.5. The van der Waals surface area contributed by atoms with Crippen LogP contribution in [0.4, 0.5) is 0 Å². The normalized spacial score (nSPS) is 18.8. The van der Waals surface area contributed by atoms with Gasteiger partial charge in [0.25, 0.3) is 0 Å². The Balaban J connectivity index is 2.60. The first-order valence-electron chi connectivity index (χ1n) is 5.30. The van der Waals surface area contributed by atoms with E-state index in [1.165, 1.54) is 0 Å². The molecule has 1 fully saturated rings. The third-order valence-electron chi connectivity index (χ3n) is 3.19. The molecule has 0 atom stereocenters. The number of carbonyl (C=O) groups is 1. The van der Waals surface area contributed by atoms with Crippen LogP contribution in [0.25, 0.3) is 0 Å². The van der Waals surface area contributed by atoms with E-state index in [0.717, 1.165) is 19.3 Å². The van der Waals surface area contributed by atoms with E-state index < -0.39 is 0 Å².